The van der Waals surface area contributed by atoms with Crippen LogP contribution in [0.3, 0.4) is 0 Å². The van der Waals surface area contributed by atoms with Gasteiger partial charge in [-0.15, -0.1) is 0 Å². The Morgan fingerprint density at radius 1 is 1.33 bits per heavy atom. The molecule has 0 unspecified atom stereocenters. The van der Waals surface area contributed by atoms with E-state index in [0.29, 0.717) is 13.0 Å². The van der Waals surface area contributed by atoms with E-state index < -0.39 is 5.60 Å². The number of aromatic nitrogens is 1. The van der Waals surface area contributed by atoms with Crippen molar-refractivity contribution >= 4 is 16.8 Å². The number of benzene rings is 1. The van der Waals surface area contributed by atoms with Crippen LogP contribution >= 0.6 is 0 Å². The van der Waals surface area contributed by atoms with Crippen LogP contribution in [-0.2, 0) is 11.2 Å². The first-order valence-electron chi connectivity index (χ1n) is 7.63. The van der Waals surface area contributed by atoms with Gasteiger partial charge in [-0.3, -0.25) is 4.79 Å². The first-order chi connectivity index (χ1) is 10.1. The number of carbonyl (C=O) groups is 1. The highest BCUT2D eigenvalue weighted by Crippen LogP contribution is 2.28. The molecule has 21 heavy (non-hydrogen) atoms. The van der Waals surface area contributed by atoms with E-state index in [0.717, 1.165) is 47.8 Å². The Balaban J connectivity index is 1.67. The fraction of sp³-hybridized carbons (Fsp3) is 0.471. The van der Waals surface area contributed by atoms with Gasteiger partial charge in [0, 0.05) is 23.1 Å². The highest BCUT2D eigenvalue weighted by Gasteiger charge is 2.31. The highest BCUT2D eigenvalue weighted by molar-refractivity contribution is 5.90. The summed E-state index contributed by atoms with van der Waals surface area (Å²) < 4.78 is 0. The van der Waals surface area contributed by atoms with Crippen molar-refractivity contribution in [1.82, 2.24) is 10.3 Å². The third-order valence-corrected chi connectivity index (χ3v) is 4.51. The second-order valence-corrected chi connectivity index (χ2v) is 6.16. The molecule has 1 aromatic heterocycles. The number of hydrogen-bond donors (Lipinski definition) is 3. The quantitative estimate of drug-likeness (QED) is 0.808. The second kappa shape index (κ2) is 5.53. The van der Waals surface area contributed by atoms with Crippen LogP contribution in [0.4, 0.5) is 0 Å². The minimum atomic E-state index is -0.690. The summed E-state index contributed by atoms with van der Waals surface area (Å²) in [6.45, 7) is 2.36. The van der Waals surface area contributed by atoms with Crippen LogP contribution in [-0.4, -0.2) is 28.1 Å². The van der Waals surface area contributed by atoms with E-state index in [4.69, 9.17) is 0 Å². The fourth-order valence-electron chi connectivity index (χ4n) is 3.26. The van der Waals surface area contributed by atoms with Crippen molar-refractivity contribution in [2.45, 2.75) is 44.6 Å². The molecule has 1 fully saturated rings. The summed E-state index contributed by atoms with van der Waals surface area (Å²) in [4.78, 5) is 15.5. The third-order valence-electron chi connectivity index (χ3n) is 4.51. The summed E-state index contributed by atoms with van der Waals surface area (Å²) in [6, 6.07) is 8.02. The molecule has 0 saturated heterocycles. The van der Waals surface area contributed by atoms with Gasteiger partial charge in [0.25, 0.3) is 0 Å². The van der Waals surface area contributed by atoms with Crippen LogP contribution in [0.1, 0.15) is 36.9 Å². The van der Waals surface area contributed by atoms with Crippen molar-refractivity contribution in [3.05, 3.63) is 35.5 Å². The van der Waals surface area contributed by atoms with Crippen LogP contribution in [0.2, 0.25) is 0 Å². The summed E-state index contributed by atoms with van der Waals surface area (Å²) in [5, 5.41) is 14.3. The summed E-state index contributed by atoms with van der Waals surface area (Å²) in [5.41, 5.74) is 2.45. The standard InChI is InChI=1S/C17H22N2O2/c1-12-14(13-6-2-3-7-15(13)19-12)10-16(20)18-11-17(21)8-4-5-9-17/h2-3,6-7,19,21H,4-5,8-11H2,1H3,(H,18,20). The lowest BCUT2D eigenvalue weighted by atomic mass is 10.0. The molecule has 1 heterocycles. The molecule has 0 spiro atoms. The SMILES string of the molecule is Cc1[nH]c2ccccc2c1CC(=O)NCC1(O)CCCC1. The van der Waals surface area contributed by atoms with Crippen molar-refractivity contribution in [2.75, 3.05) is 6.54 Å². The van der Waals surface area contributed by atoms with E-state index in [1.807, 2.05) is 31.2 Å². The number of rotatable bonds is 4. The first-order valence-corrected chi connectivity index (χ1v) is 7.63. The zero-order valence-corrected chi connectivity index (χ0v) is 12.4. The normalized spacial score (nSPS) is 17.2. The predicted molar refractivity (Wildman–Crippen MR) is 83.2 cm³/mol. The minimum absolute atomic E-state index is 0.0248. The van der Waals surface area contributed by atoms with E-state index in [1.165, 1.54) is 0 Å². The van der Waals surface area contributed by atoms with Gasteiger partial charge < -0.3 is 15.4 Å². The van der Waals surface area contributed by atoms with Gasteiger partial charge in [-0.05, 0) is 31.4 Å². The number of amides is 1. The van der Waals surface area contributed by atoms with E-state index in [9.17, 15) is 9.90 Å². The molecule has 3 rings (SSSR count). The molecule has 2 aromatic rings. The molecule has 1 amide bonds. The number of fused-ring (bicyclic) bond motifs is 1. The monoisotopic (exact) mass is 286 g/mol. The van der Waals surface area contributed by atoms with Gasteiger partial charge in [0.05, 0.1) is 12.0 Å². The molecule has 0 atom stereocenters. The van der Waals surface area contributed by atoms with Crippen LogP contribution in [0.5, 0.6) is 0 Å². The molecule has 0 aliphatic heterocycles. The molecule has 0 bridgehead atoms. The summed E-state index contributed by atoms with van der Waals surface area (Å²) in [6.07, 6.45) is 4.03. The maximum atomic E-state index is 12.2. The molecule has 1 aliphatic rings. The molecule has 1 aromatic carbocycles. The maximum Gasteiger partial charge on any atom is 0.224 e. The zero-order valence-electron chi connectivity index (χ0n) is 12.4. The van der Waals surface area contributed by atoms with E-state index >= 15 is 0 Å². The Bertz CT molecular complexity index is 654. The minimum Gasteiger partial charge on any atom is -0.388 e. The molecule has 0 radical (unpaired) electrons. The van der Waals surface area contributed by atoms with Crippen molar-refractivity contribution in [2.24, 2.45) is 0 Å². The van der Waals surface area contributed by atoms with E-state index in [1.54, 1.807) is 0 Å². The molecular weight excluding hydrogens is 264 g/mol. The number of aliphatic hydroxyl groups is 1. The van der Waals surface area contributed by atoms with Crippen LogP contribution in [0.15, 0.2) is 24.3 Å². The van der Waals surface area contributed by atoms with Gasteiger partial charge in [0.1, 0.15) is 0 Å². The van der Waals surface area contributed by atoms with Crippen LogP contribution < -0.4 is 5.32 Å². The molecule has 112 valence electrons. The molecule has 1 saturated carbocycles. The maximum absolute atomic E-state index is 12.2. The number of aromatic amines is 1. The van der Waals surface area contributed by atoms with Crippen LogP contribution in [0.25, 0.3) is 10.9 Å². The van der Waals surface area contributed by atoms with Gasteiger partial charge in [-0.25, -0.2) is 0 Å². The Morgan fingerprint density at radius 3 is 2.81 bits per heavy atom. The summed E-state index contributed by atoms with van der Waals surface area (Å²) in [5.74, 6) is -0.0248. The lowest BCUT2D eigenvalue weighted by molar-refractivity contribution is -0.121. The van der Waals surface area contributed by atoms with Gasteiger partial charge in [0.15, 0.2) is 0 Å². The Labute approximate surface area is 124 Å². The number of aryl methyl sites for hydroxylation is 1. The molecule has 4 heteroatoms. The van der Waals surface area contributed by atoms with Crippen molar-refractivity contribution in [1.29, 1.82) is 0 Å². The molecule has 3 N–H and O–H groups in total. The van der Waals surface area contributed by atoms with E-state index in [2.05, 4.69) is 10.3 Å². The zero-order chi connectivity index (χ0) is 14.9. The first kappa shape index (κ1) is 14.1. The Morgan fingerprint density at radius 2 is 2.05 bits per heavy atom. The number of nitrogens with one attached hydrogen (secondary N) is 2. The van der Waals surface area contributed by atoms with Gasteiger partial charge in [0.2, 0.25) is 5.91 Å². The highest BCUT2D eigenvalue weighted by atomic mass is 16.3. The lowest BCUT2D eigenvalue weighted by Gasteiger charge is -2.22. The number of H-pyrrole nitrogens is 1. The topological polar surface area (TPSA) is 65.1 Å². The average Bonchev–Trinajstić information content (AvgIpc) is 3.03. The largest absolute Gasteiger partial charge is 0.388 e. The summed E-state index contributed by atoms with van der Waals surface area (Å²) >= 11 is 0. The number of para-hydroxylation sites is 1. The van der Waals surface area contributed by atoms with Crippen molar-refractivity contribution in [3.8, 4) is 0 Å². The third kappa shape index (κ3) is 2.95. The van der Waals surface area contributed by atoms with E-state index in [-0.39, 0.29) is 5.91 Å². The van der Waals surface area contributed by atoms with Crippen LogP contribution in [0, 0.1) is 6.92 Å². The molecule has 4 nitrogen and oxygen atoms in total. The van der Waals surface area contributed by atoms with Gasteiger partial charge in [-0.2, -0.15) is 0 Å². The number of carbonyl (C=O) groups excluding carboxylic acids is 1. The van der Waals surface area contributed by atoms with Gasteiger partial charge in [-0.1, -0.05) is 31.0 Å². The van der Waals surface area contributed by atoms with Crippen molar-refractivity contribution < 1.29 is 9.90 Å². The second-order valence-electron chi connectivity index (χ2n) is 6.16. The fourth-order valence-corrected chi connectivity index (χ4v) is 3.26. The van der Waals surface area contributed by atoms with Crippen molar-refractivity contribution in [3.63, 3.8) is 0 Å². The summed E-state index contributed by atoms with van der Waals surface area (Å²) in [7, 11) is 0. The predicted octanol–water partition coefficient (Wildman–Crippen LogP) is 2.44. The Kier molecular flexibility index (Phi) is 3.72. The average molecular weight is 286 g/mol. The molecule has 1 aliphatic carbocycles. The number of hydrogen-bond acceptors (Lipinski definition) is 2. The lowest BCUT2D eigenvalue weighted by Crippen LogP contribution is -2.41. The smallest absolute Gasteiger partial charge is 0.224 e. The Hall–Kier alpha value is -1.81. The molecular formula is C17H22N2O2. The van der Waals surface area contributed by atoms with Gasteiger partial charge >= 0.3 is 0 Å².